The first-order valence-corrected chi connectivity index (χ1v) is 10.9. The molecule has 1 aromatic rings. The Hall–Kier alpha value is -1.31. The Morgan fingerprint density at radius 3 is 2.62 bits per heavy atom. The molecule has 1 unspecified atom stereocenters. The van der Waals surface area contributed by atoms with E-state index in [0.717, 1.165) is 24.2 Å². The van der Waals surface area contributed by atoms with Crippen LogP contribution in [0.25, 0.3) is 0 Å². The van der Waals surface area contributed by atoms with E-state index in [4.69, 9.17) is 4.99 Å². The number of nitrogens with one attached hydrogen (secondary N) is 1. The van der Waals surface area contributed by atoms with Gasteiger partial charge in [0.15, 0.2) is 0 Å². The lowest BCUT2D eigenvalue weighted by atomic mass is 9.68. The maximum Gasteiger partial charge on any atom is 0.101 e. The third kappa shape index (κ3) is 4.50. The lowest BCUT2D eigenvalue weighted by Gasteiger charge is -2.38. The van der Waals surface area contributed by atoms with Crippen LogP contribution in [0.3, 0.4) is 0 Å². The zero-order chi connectivity index (χ0) is 18.6. The van der Waals surface area contributed by atoms with Crippen LogP contribution in [0, 0.1) is 23.2 Å². The second-order valence-electron chi connectivity index (χ2n) is 9.43. The van der Waals surface area contributed by atoms with Crippen LogP contribution in [0.15, 0.2) is 35.3 Å². The molecule has 0 saturated heterocycles. The van der Waals surface area contributed by atoms with Gasteiger partial charge in [-0.25, -0.2) is 0 Å². The highest BCUT2D eigenvalue weighted by molar-refractivity contribution is 5.95. The fourth-order valence-electron chi connectivity index (χ4n) is 5.46. The van der Waals surface area contributed by atoms with Gasteiger partial charge in [0.05, 0.1) is 6.04 Å². The number of amidine groups is 1. The molecule has 1 N–H and O–H groups in total. The summed E-state index contributed by atoms with van der Waals surface area (Å²) >= 11 is 0. The van der Waals surface area contributed by atoms with Crippen molar-refractivity contribution < 1.29 is 0 Å². The highest BCUT2D eigenvalue weighted by Crippen LogP contribution is 2.53. The number of fused-ring (bicyclic) bond motifs is 1. The summed E-state index contributed by atoms with van der Waals surface area (Å²) in [5.41, 5.74) is 1.57. The standard InChI is InChI=1S/C24H38N2/c1-18(2)10-8-11-19(3)21-15-16-22-24(21,4)17-9-14-23(26-22)25-20-12-6-5-7-13-20/h5-7,12-13,18-19,21-22H,8-11,14-17H2,1-4H3,(H,25,26)/t19?,21-,22-,24-/m1/s1. The quantitative estimate of drug-likeness (QED) is 0.588. The minimum atomic E-state index is 0.400. The molecule has 1 fully saturated rings. The van der Waals surface area contributed by atoms with Crippen LogP contribution in [-0.4, -0.2) is 11.9 Å². The summed E-state index contributed by atoms with van der Waals surface area (Å²) in [7, 11) is 0. The van der Waals surface area contributed by atoms with Gasteiger partial charge in [0, 0.05) is 12.1 Å². The zero-order valence-corrected chi connectivity index (χ0v) is 17.3. The zero-order valence-electron chi connectivity index (χ0n) is 17.3. The first-order chi connectivity index (χ1) is 12.5. The largest absolute Gasteiger partial charge is 0.344 e. The van der Waals surface area contributed by atoms with Gasteiger partial charge in [0.1, 0.15) is 5.84 Å². The van der Waals surface area contributed by atoms with Crippen LogP contribution in [-0.2, 0) is 0 Å². The Bertz CT molecular complexity index is 591. The minimum absolute atomic E-state index is 0.400. The molecule has 4 atom stereocenters. The Morgan fingerprint density at radius 2 is 1.88 bits per heavy atom. The lowest BCUT2D eigenvalue weighted by molar-refractivity contribution is 0.129. The summed E-state index contributed by atoms with van der Waals surface area (Å²) in [4.78, 5) is 5.25. The Morgan fingerprint density at radius 1 is 1.12 bits per heavy atom. The smallest absolute Gasteiger partial charge is 0.101 e. The van der Waals surface area contributed by atoms with Crippen LogP contribution in [0.4, 0.5) is 5.69 Å². The third-order valence-electron chi connectivity index (χ3n) is 6.99. The van der Waals surface area contributed by atoms with E-state index < -0.39 is 0 Å². The maximum atomic E-state index is 5.25. The molecule has 0 spiro atoms. The van der Waals surface area contributed by atoms with E-state index in [1.54, 1.807) is 0 Å². The number of anilines is 1. The number of benzene rings is 1. The third-order valence-corrected chi connectivity index (χ3v) is 6.99. The average molecular weight is 355 g/mol. The van der Waals surface area contributed by atoms with Gasteiger partial charge in [-0.05, 0) is 61.0 Å². The summed E-state index contributed by atoms with van der Waals surface area (Å²) in [6.07, 6.45) is 10.5. The molecular formula is C24H38N2. The fourth-order valence-corrected chi connectivity index (χ4v) is 5.46. The van der Waals surface area contributed by atoms with Gasteiger partial charge in [-0.1, -0.05) is 65.2 Å². The number of para-hydroxylation sites is 1. The molecule has 2 heteroatoms. The van der Waals surface area contributed by atoms with E-state index in [0.29, 0.717) is 11.5 Å². The van der Waals surface area contributed by atoms with Crippen LogP contribution in [0.5, 0.6) is 0 Å². The van der Waals surface area contributed by atoms with Gasteiger partial charge in [0.25, 0.3) is 0 Å². The summed E-state index contributed by atoms with van der Waals surface area (Å²) < 4.78 is 0. The van der Waals surface area contributed by atoms with Crippen molar-refractivity contribution in [3.05, 3.63) is 30.3 Å². The number of aliphatic imine (C=N–C) groups is 1. The molecule has 0 aromatic heterocycles. The molecule has 144 valence electrons. The van der Waals surface area contributed by atoms with Gasteiger partial charge < -0.3 is 5.32 Å². The normalized spacial score (nSPS) is 29.8. The predicted octanol–water partition coefficient (Wildman–Crippen LogP) is 6.93. The summed E-state index contributed by atoms with van der Waals surface area (Å²) in [5, 5.41) is 3.59. The van der Waals surface area contributed by atoms with E-state index in [1.807, 2.05) is 0 Å². The summed E-state index contributed by atoms with van der Waals surface area (Å²) in [6.45, 7) is 9.75. The first kappa shape index (κ1) is 19.5. The average Bonchev–Trinajstić information content (AvgIpc) is 2.83. The highest BCUT2D eigenvalue weighted by Gasteiger charge is 2.48. The molecule has 3 rings (SSSR count). The van der Waals surface area contributed by atoms with Crippen molar-refractivity contribution in [2.45, 2.75) is 85.1 Å². The van der Waals surface area contributed by atoms with Crippen molar-refractivity contribution >= 4 is 11.5 Å². The van der Waals surface area contributed by atoms with Crippen molar-refractivity contribution in [3.63, 3.8) is 0 Å². The number of hydrogen-bond acceptors (Lipinski definition) is 2. The Balaban J connectivity index is 1.66. The van der Waals surface area contributed by atoms with Crippen molar-refractivity contribution in [1.82, 2.24) is 0 Å². The molecule has 0 radical (unpaired) electrons. The lowest BCUT2D eigenvalue weighted by Crippen LogP contribution is -2.34. The molecule has 2 aliphatic rings. The van der Waals surface area contributed by atoms with Gasteiger partial charge in [-0.3, -0.25) is 4.99 Å². The van der Waals surface area contributed by atoms with E-state index in [-0.39, 0.29) is 0 Å². The SMILES string of the molecule is CC(C)CCCC(C)[C@H]1CC[C@H]2N=C(Nc3ccccc3)CCC[C@]12C. The molecule has 0 amide bonds. The Labute approximate surface area is 160 Å². The minimum Gasteiger partial charge on any atom is -0.344 e. The number of hydrogen-bond donors (Lipinski definition) is 1. The predicted molar refractivity (Wildman–Crippen MR) is 114 cm³/mol. The topological polar surface area (TPSA) is 24.4 Å². The van der Waals surface area contributed by atoms with Gasteiger partial charge in [-0.15, -0.1) is 0 Å². The summed E-state index contributed by atoms with van der Waals surface area (Å²) in [5.74, 6) is 3.73. The first-order valence-electron chi connectivity index (χ1n) is 10.9. The van der Waals surface area contributed by atoms with E-state index in [9.17, 15) is 0 Å². The molecule has 1 aliphatic heterocycles. The molecule has 0 bridgehead atoms. The van der Waals surface area contributed by atoms with Crippen molar-refractivity contribution in [2.24, 2.45) is 28.2 Å². The van der Waals surface area contributed by atoms with Crippen molar-refractivity contribution in [2.75, 3.05) is 5.32 Å². The molecule has 26 heavy (non-hydrogen) atoms. The monoisotopic (exact) mass is 354 g/mol. The van der Waals surface area contributed by atoms with Crippen LogP contribution >= 0.6 is 0 Å². The highest BCUT2D eigenvalue weighted by atomic mass is 15.0. The molecule has 1 aliphatic carbocycles. The van der Waals surface area contributed by atoms with Gasteiger partial charge in [-0.2, -0.15) is 0 Å². The van der Waals surface area contributed by atoms with E-state index in [2.05, 4.69) is 63.3 Å². The number of rotatable bonds is 6. The van der Waals surface area contributed by atoms with Crippen LogP contribution in [0.2, 0.25) is 0 Å². The molecular weight excluding hydrogens is 316 g/mol. The van der Waals surface area contributed by atoms with Gasteiger partial charge in [0.2, 0.25) is 0 Å². The maximum absolute atomic E-state index is 5.25. The molecule has 2 nitrogen and oxygen atoms in total. The van der Waals surface area contributed by atoms with Crippen molar-refractivity contribution in [1.29, 1.82) is 0 Å². The Kier molecular flexibility index (Phi) is 6.42. The second kappa shape index (κ2) is 8.59. The molecule has 1 saturated carbocycles. The van der Waals surface area contributed by atoms with E-state index in [1.165, 1.54) is 56.5 Å². The molecule has 1 heterocycles. The van der Waals surface area contributed by atoms with E-state index >= 15 is 0 Å². The number of nitrogens with zero attached hydrogens (tertiary/aromatic N) is 1. The molecule has 1 aromatic carbocycles. The van der Waals surface area contributed by atoms with Crippen LogP contribution in [0.1, 0.15) is 79.1 Å². The fraction of sp³-hybridized carbons (Fsp3) is 0.708. The van der Waals surface area contributed by atoms with Gasteiger partial charge >= 0.3 is 0 Å². The van der Waals surface area contributed by atoms with Crippen LogP contribution < -0.4 is 5.32 Å². The summed E-state index contributed by atoms with van der Waals surface area (Å²) in [6, 6.07) is 11.0. The van der Waals surface area contributed by atoms with Crippen molar-refractivity contribution in [3.8, 4) is 0 Å². The second-order valence-corrected chi connectivity index (χ2v) is 9.43.